The van der Waals surface area contributed by atoms with E-state index in [-0.39, 0.29) is 12.4 Å². The van der Waals surface area contributed by atoms with Crippen LogP contribution in [0.4, 0.5) is 4.39 Å². The van der Waals surface area contributed by atoms with Crippen LogP contribution in [0.1, 0.15) is 18.1 Å². The third kappa shape index (κ3) is 5.60. The van der Waals surface area contributed by atoms with Crippen LogP contribution in [0.3, 0.4) is 0 Å². The average Bonchev–Trinajstić information content (AvgIpc) is 2.61. The molecule has 0 fully saturated rings. The highest BCUT2D eigenvalue weighted by molar-refractivity contribution is 6.14. The predicted molar refractivity (Wildman–Crippen MR) is 89.7 cm³/mol. The molecule has 128 valence electrons. The molecule has 2 aromatic carbocycles. The van der Waals surface area contributed by atoms with Gasteiger partial charge < -0.3 is 9.47 Å². The number of rotatable bonds is 8. The summed E-state index contributed by atoms with van der Waals surface area (Å²) in [5.74, 6) is -0.872. The van der Waals surface area contributed by atoms with E-state index in [0.717, 1.165) is 5.56 Å². The second-order valence-corrected chi connectivity index (χ2v) is 5.54. The Morgan fingerprint density at radius 3 is 2.33 bits per heavy atom. The molecule has 1 N–H and O–H groups in total. The van der Waals surface area contributed by atoms with Gasteiger partial charge in [-0.25, -0.2) is 9.23 Å². The van der Waals surface area contributed by atoms with Crippen LogP contribution in [-0.4, -0.2) is 18.1 Å². The molecule has 0 radical (unpaired) electrons. The van der Waals surface area contributed by atoms with E-state index < -0.39 is 18.1 Å². The van der Waals surface area contributed by atoms with E-state index in [0.29, 0.717) is 12.2 Å². The van der Waals surface area contributed by atoms with Crippen molar-refractivity contribution in [2.24, 2.45) is 0 Å². The van der Waals surface area contributed by atoms with Crippen LogP contribution in [0.2, 0.25) is 0 Å². The number of carbonyl (C=O) groups is 1. The Kier molecular flexibility index (Phi) is 7.18. The number of ether oxygens (including phenoxy) is 2. The normalized spacial score (nSPS) is 13.3. The zero-order valence-electron chi connectivity index (χ0n) is 13.2. The Bertz CT molecular complexity index is 636. The van der Waals surface area contributed by atoms with E-state index in [1.807, 2.05) is 30.3 Å². The van der Waals surface area contributed by atoms with Crippen molar-refractivity contribution in [2.45, 2.75) is 32.3 Å². The summed E-state index contributed by atoms with van der Waals surface area (Å²) in [6, 6.07) is 14.5. The monoisotopic (exact) mass is 351 g/mol. The lowest BCUT2D eigenvalue weighted by molar-refractivity contribution is -0.151. The minimum atomic E-state index is -0.809. The van der Waals surface area contributed by atoms with Crippen LogP contribution in [0, 0.1) is 5.82 Å². The molecule has 0 unspecified atom stereocenters. The smallest absolute Gasteiger partial charge is 0.327 e. The molecule has 0 aromatic heterocycles. The number of hydrogen-bond donors (Lipinski definition) is 1. The van der Waals surface area contributed by atoms with Crippen molar-refractivity contribution in [3.63, 3.8) is 0 Å². The molecule has 2 rings (SSSR count). The van der Waals surface area contributed by atoms with Gasteiger partial charge in [0, 0.05) is 0 Å². The fraction of sp³-hybridized carbons (Fsp3) is 0.278. The maximum atomic E-state index is 12.8. The van der Waals surface area contributed by atoms with Crippen molar-refractivity contribution in [3.8, 4) is 0 Å². The highest BCUT2D eigenvalue weighted by Gasteiger charge is 2.26. The zero-order chi connectivity index (χ0) is 17.4. The van der Waals surface area contributed by atoms with Gasteiger partial charge >= 0.3 is 5.97 Å². The van der Waals surface area contributed by atoms with Gasteiger partial charge in [-0.15, -0.1) is 0 Å². The summed E-state index contributed by atoms with van der Waals surface area (Å²) in [5, 5.41) is 0. The van der Waals surface area contributed by atoms with E-state index in [1.165, 1.54) is 12.1 Å². The summed E-state index contributed by atoms with van der Waals surface area (Å²) in [4.78, 5) is 14.5. The standard InChI is InChI=1S/C18H19ClFNO3/c1-13(23-11-14-5-3-2-4-6-14)17(21-19)18(22)24-12-15-7-9-16(20)10-8-15/h2-10,13,17,21H,11-12H2,1H3/t13-,17+/m1/s1. The quantitative estimate of drug-likeness (QED) is 0.583. The molecule has 0 spiro atoms. The molecule has 6 heteroatoms. The van der Waals surface area contributed by atoms with E-state index in [1.54, 1.807) is 19.1 Å². The van der Waals surface area contributed by atoms with Crippen LogP contribution in [-0.2, 0) is 27.5 Å². The number of benzene rings is 2. The first kappa shape index (κ1) is 18.4. The molecule has 0 bridgehead atoms. The fourth-order valence-corrected chi connectivity index (χ4v) is 2.31. The summed E-state index contributed by atoms with van der Waals surface area (Å²) in [6.07, 6.45) is -0.483. The predicted octanol–water partition coefficient (Wildman–Crippen LogP) is 3.59. The highest BCUT2D eigenvalue weighted by Crippen LogP contribution is 2.10. The first-order valence-corrected chi connectivity index (χ1v) is 7.90. The van der Waals surface area contributed by atoms with Gasteiger partial charge in [-0.1, -0.05) is 42.5 Å². The maximum Gasteiger partial charge on any atom is 0.327 e. The number of esters is 1. The molecular weight excluding hydrogens is 333 g/mol. The molecule has 0 aliphatic rings. The Balaban J connectivity index is 1.84. The third-order valence-electron chi connectivity index (χ3n) is 3.49. The Morgan fingerprint density at radius 1 is 1.08 bits per heavy atom. The van der Waals surface area contributed by atoms with Crippen LogP contribution in [0.15, 0.2) is 54.6 Å². The van der Waals surface area contributed by atoms with Crippen LogP contribution in [0.25, 0.3) is 0 Å². The second-order valence-electron chi connectivity index (χ2n) is 5.32. The number of nitrogens with one attached hydrogen (secondary N) is 1. The summed E-state index contributed by atoms with van der Waals surface area (Å²) in [6.45, 7) is 2.14. The Morgan fingerprint density at radius 2 is 1.71 bits per heavy atom. The van der Waals surface area contributed by atoms with Crippen LogP contribution in [0.5, 0.6) is 0 Å². The van der Waals surface area contributed by atoms with Gasteiger partial charge in [-0.2, -0.15) is 0 Å². The Hall–Kier alpha value is -1.95. The molecule has 0 aliphatic heterocycles. The molecule has 2 atom stereocenters. The number of halogens is 2. The van der Waals surface area contributed by atoms with Gasteiger partial charge in [0.05, 0.1) is 12.7 Å². The number of hydrogen-bond acceptors (Lipinski definition) is 4. The Labute approximate surface area is 145 Å². The molecule has 0 aliphatic carbocycles. The van der Waals surface area contributed by atoms with Gasteiger partial charge in [0.1, 0.15) is 18.5 Å². The van der Waals surface area contributed by atoms with Gasteiger partial charge in [0.15, 0.2) is 0 Å². The first-order valence-electron chi connectivity index (χ1n) is 7.53. The van der Waals surface area contributed by atoms with Crippen molar-refractivity contribution in [2.75, 3.05) is 0 Å². The van der Waals surface area contributed by atoms with Crippen molar-refractivity contribution < 1.29 is 18.7 Å². The number of carbonyl (C=O) groups excluding carboxylic acids is 1. The molecule has 2 aromatic rings. The van der Waals surface area contributed by atoms with E-state index >= 15 is 0 Å². The fourth-order valence-electron chi connectivity index (χ4n) is 2.05. The van der Waals surface area contributed by atoms with Gasteiger partial charge in [-0.3, -0.25) is 4.79 Å². The lowest BCUT2D eigenvalue weighted by Crippen LogP contribution is -2.42. The maximum absolute atomic E-state index is 12.8. The summed E-state index contributed by atoms with van der Waals surface area (Å²) >= 11 is 5.66. The van der Waals surface area contributed by atoms with E-state index in [2.05, 4.69) is 4.84 Å². The highest BCUT2D eigenvalue weighted by atomic mass is 35.5. The molecule has 24 heavy (non-hydrogen) atoms. The molecule has 0 saturated carbocycles. The zero-order valence-corrected chi connectivity index (χ0v) is 14.0. The first-order chi connectivity index (χ1) is 11.6. The molecule has 4 nitrogen and oxygen atoms in total. The summed E-state index contributed by atoms with van der Waals surface area (Å²) in [7, 11) is 0. The largest absolute Gasteiger partial charge is 0.460 e. The second kappa shape index (κ2) is 9.37. The van der Waals surface area contributed by atoms with Crippen LogP contribution < -0.4 is 4.84 Å². The van der Waals surface area contributed by atoms with E-state index in [4.69, 9.17) is 21.3 Å². The van der Waals surface area contributed by atoms with Gasteiger partial charge in [0.25, 0.3) is 0 Å². The van der Waals surface area contributed by atoms with Crippen molar-refractivity contribution in [3.05, 3.63) is 71.5 Å². The molecular formula is C18H19ClFNO3. The topological polar surface area (TPSA) is 47.6 Å². The van der Waals surface area contributed by atoms with Gasteiger partial charge in [-0.05, 0) is 42.0 Å². The average molecular weight is 352 g/mol. The third-order valence-corrected chi connectivity index (χ3v) is 3.73. The van der Waals surface area contributed by atoms with E-state index in [9.17, 15) is 9.18 Å². The van der Waals surface area contributed by atoms with Gasteiger partial charge in [0.2, 0.25) is 0 Å². The molecule has 0 saturated heterocycles. The van der Waals surface area contributed by atoms with Crippen molar-refractivity contribution in [1.29, 1.82) is 0 Å². The van der Waals surface area contributed by atoms with Crippen LogP contribution >= 0.6 is 11.8 Å². The molecule has 0 heterocycles. The van der Waals surface area contributed by atoms with Crippen molar-refractivity contribution in [1.82, 2.24) is 4.84 Å². The van der Waals surface area contributed by atoms with Crippen molar-refractivity contribution >= 4 is 17.7 Å². The lowest BCUT2D eigenvalue weighted by Gasteiger charge is -2.21. The summed E-state index contributed by atoms with van der Waals surface area (Å²) < 4.78 is 23.7. The SMILES string of the molecule is C[C@@H](OCc1ccccc1)[C@H](NCl)C(=O)OCc1ccc(F)cc1. The lowest BCUT2D eigenvalue weighted by atomic mass is 10.2. The molecule has 0 amide bonds. The summed E-state index contributed by atoms with van der Waals surface area (Å²) in [5.41, 5.74) is 1.69. The minimum Gasteiger partial charge on any atom is -0.460 e. The minimum absolute atomic E-state index is 0.0413.